The van der Waals surface area contributed by atoms with E-state index < -0.39 is 0 Å². The highest BCUT2D eigenvalue weighted by Crippen LogP contribution is 2.10. The smallest absolute Gasteiger partial charge is 0.126 e. The SMILES string of the molecule is CCCCCCCCCCC#Cc1ccc(F)c(C)c1. The van der Waals surface area contributed by atoms with Gasteiger partial charge in [0.25, 0.3) is 0 Å². The molecule has 0 bridgehead atoms. The third kappa shape index (κ3) is 7.34. The highest BCUT2D eigenvalue weighted by atomic mass is 19.1. The molecule has 0 aliphatic carbocycles. The molecule has 0 atom stereocenters. The number of rotatable bonds is 8. The quantitative estimate of drug-likeness (QED) is 0.402. The number of benzene rings is 1. The Hall–Kier alpha value is -1.29. The summed E-state index contributed by atoms with van der Waals surface area (Å²) in [6.45, 7) is 4.03. The first-order valence-electron chi connectivity index (χ1n) is 7.99. The van der Waals surface area contributed by atoms with E-state index in [-0.39, 0.29) is 5.82 Å². The lowest BCUT2D eigenvalue weighted by atomic mass is 10.1. The predicted octanol–water partition coefficient (Wildman–Crippen LogP) is 6.02. The third-order valence-electron chi connectivity index (χ3n) is 3.55. The molecular weight excluding hydrogens is 247 g/mol. The van der Waals surface area contributed by atoms with Crippen LogP contribution in [-0.2, 0) is 0 Å². The van der Waals surface area contributed by atoms with Gasteiger partial charge in [-0.25, -0.2) is 4.39 Å². The molecule has 20 heavy (non-hydrogen) atoms. The van der Waals surface area contributed by atoms with Crippen LogP contribution in [0.25, 0.3) is 0 Å². The number of halogens is 1. The Morgan fingerprint density at radius 1 is 0.950 bits per heavy atom. The Morgan fingerprint density at radius 3 is 2.25 bits per heavy atom. The van der Waals surface area contributed by atoms with Gasteiger partial charge >= 0.3 is 0 Å². The highest BCUT2D eigenvalue weighted by molar-refractivity contribution is 5.37. The summed E-state index contributed by atoms with van der Waals surface area (Å²) < 4.78 is 13.1. The lowest BCUT2D eigenvalue weighted by Crippen LogP contribution is -1.83. The molecule has 0 amide bonds. The second-order valence-corrected chi connectivity index (χ2v) is 5.49. The lowest BCUT2D eigenvalue weighted by molar-refractivity contribution is 0.579. The van der Waals surface area contributed by atoms with Gasteiger partial charge in [-0.2, -0.15) is 0 Å². The Morgan fingerprint density at radius 2 is 1.60 bits per heavy atom. The molecule has 1 heteroatoms. The van der Waals surface area contributed by atoms with Gasteiger partial charge in [-0.1, -0.05) is 63.7 Å². The van der Waals surface area contributed by atoms with Gasteiger partial charge in [0.2, 0.25) is 0 Å². The average Bonchev–Trinajstić information content (AvgIpc) is 2.45. The molecule has 0 aliphatic rings. The van der Waals surface area contributed by atoms with Crippen LogP contribution in [0.1, 0.15) is 75.8 Å². The van der Waals surface area contributed by atoms with Gasteiger partial charge in [0.05, 0.1) is 0 Å². The Labute approximate surface area is 123 Å². The van der Waals surface area contributed by atoms with Crippen molar-refractivity contribution in [1.29, 1.82) is 0 Å². The lowest BCUT2D eigenvalue weighted by Gasteiger charge is -1.99. The van der Waals surface area contributed by atoms with Gasteiger partial charge in [-0.3, -0.25) is 0 Å². The molecule has 0 saturated carbocycles. The standard InChI is InChI=1S/C19H27F/c1-3-4-5-6-7-8-9-10-11-12-13-18-14-15-19(20)17(2)16-18/h14-16H,3-11H2,1-2H3. The highest BCUT2D eigenvalue weighted by Gasteiger charge is 1.95. The monoisotopic (exact) mass is 274 g/mol. The van der Waals surface area contributed by atoms with Crippen molar-refractivity contribution in [2.75, 3.05) is 0 Å². The molecule has 0 fully saturated rings. The van der Waals surface area contributed by atoms with Crippen LogP contribution in [0.15, 0.2) is 18.2 Å². The summed E-state index contributed by atoms with van der Waals surface area (Å²) in [7, 11) is 0. The first kappa shape index (κ1) is 16.8. The Kier molecular flexibility index (Phi) is 8.79. The first-order chi connectivity index (χ1) is 9.74. The fraction of sp³-hybridized carbons (Fsp3) is 0.579. The van der Waals surface area contributed by atoms with Crippen LogP contribution in [0, 0.1) is 24.6 Å². The molecule has 0 spiro atoms. The molecule has 1 aromatic rings. The van der Waals surface area contributed by atoms with E-state index in [9.17, 15) is 4.39 Å². The van der Waals surface area contributed by atoms with E-state index in [4.69, 9.17) is 0 Å². The first-order valence-corrected chi connectivity index (χ1v) is 7.99. The van der Waals surface area contributed by atoms with Gasteiger partial charge < -0.3 is 0 Å². The summed E-state index contributed by atoms with van der Waals surface area (Å²) in [5.41, 5.74) is 1.59. The van der Waals surface area contributed by atoms with Crippen LogP contribution in [0.4, 0.5) is 4.39 Å². The average molecular weight is 274 g/mol. The summed E-state index contributed by atoms with van der Waals surface area (Å²) >= 11 is 0. The molecule has 0 unspecified atom stereocenters. The minimum absolute atomic E-state index is 0.154. The van der Waals surface area contributed by atoms with Crippen LogP contribution in [0.2, 0.25) is 0 Å². The fourth-order valence-corrected chi connectivity index (χ4v) is 2.23. The molecule has 0 heterocycles. The zero-order valence-electron chi connectivity index (χ0n) is 13.0. The molecule has 1 rings (SSSR count). The van der Waals surface area contributed by atoms with Crippen LogP contribution < -0.4 is 0 Å². The molecule has 0 N–H and O–H groups in total. The largest absolute Gasteiger partial charge is 0.207 e. The second kappa shape index (κ2) is 10.5. The number of hydrogen-bond acceptors (Lipinski definition) is 0. The maximum atomic E-state index is 13.1. The molecule has 0 aromatic heterocycles. The van der Waals surface area contributed by atoms with E-state index in [0.717, 1.165) is 12.0 Å². The van der Waals surface area contributed by atoms with E-state index >= 15 is 0 Å². The van der Waals surface area contributed by atoms with E-state index in [1.165, 1.54) is 57.4 Å². The van der Waals surface area contributed by atoms with Crippen molar-refractivity contribution in [3.63, 3.8) is 0 Å². The molecule has 0 radical (unpaired) electrons. The van der Waals surface area contributed by atoms with Crippen molar-refractivity contribution in [1.82, 2.24) is 0 Å². The Bertz CT molecular complexity index is 437. The van der Waals surface area contributed by atoms with Gasteiger partial charge in [0, 0.05) is 12.0 Å². The Balaban J connectivity index is 2.09. The predicted molar refractivity (Wildman–Crippen MR) is 85.2 cm³/mol. The van der Waals surface area contributed by atoms with Gasteiger partial charge in [-0.15, -0.1) is 0 Å². The van der Waals surface area contributed by atoms with Crippen molar-refractivity contribution in [2.45, 2.75) is 71.6 Å². The maximum Gasteiger partial charge on any atom is 0.126 e. The van der Waals surface area contributed by atoms with Crippen LogP contribution in [0.5, 0.6) is 0 Å². The fourth-order valence-electron chi connectivity index (χ4n) is 2.23. The van der Waals surface area contributed by atoms with Crippen LogP contribution in [-0.4, -0.2) is 0 Å². The molecule has 110 valence electrons. The summed E-state index contributed by atoms with van der Waals surface area (Å²) in [6.07, 6.45) is 11.6. The molecule has 0 aliphatic heterocycles. The maximum absolute atomic E-state index is 13.1. The summed E-state index contributed by atoms with van der Waals surface area (Å²) in [5, 5.41) is 0. The minimum Gasteiger partial charge on any atom is -0.207 e. The molecule has 1 aromatic carbocycles. The van der Waals surface area contributed by atoms with Crippen molar-refractivity contribution >= 4 is 0 Å². The molecule has 0 saturated heterocycles. The normalized spacial score (nSPS) is 10.2. The van der Waals surface area contributed by atoms with Crippen molar-refractivity contribution in [2.24, 2.45) is 0 Å². The zero-order chi connectivity index (χ0) is 14.6. The van der Waals surface area contributed by atoms with E-state index in [1.54, 1.807) is 13.0 Å². The number of hydrogen-bond donors (Lipinski definition) is 0. The van der Waals surface area contributed by atoms with Crippen molar-refractivity contribution in [3.05, 3.63) is 35.1 Å². The number of unbranched alkanes of at least 4 members (excludes halogenated alkanes) is 8. The van der Waals surface area contributed by atoms with Gasteiger partial charge in [-0.05, 0) is 37.1 Å². The van der Waals surface area contributed by atoms with Gasteiger partial charge in [0.15, 0.2) is 0 Å². The molecular formula is C19H27F. The summed E-state index contributed by atoms with van der Waals surface area (Å²) in [6, 6.07) is 5.06. The zero-order valence-corrected chi connectivity index (χ0v) is 13.0. The summed E-state index contributed by atoms with van der Waals surface area (Å²) in [5.74, 6) is 6.15. The second-order valence-electron chi connectivity index (χ2n) is 5.49. The number of aryl methyl sites for hydroxylation is 1. The van der Waals surface area contributed by atoms with E-state index in [1.807, 2.05) is 6.07 Å². The topological polar surface area (TPSA) is 0 Å². The van der Waals surface area contributed by atoms with Crippen molar-refractivity contribution in [3.8, 4) is 11.8 Å². The van der Waals surface area contributed by atoms with Crippen LogP contribution >= 0.6 is 0 Å². The van der Waals surface area contributed by atoms with E-state index in [2.05, 4.69) is 18.8 Å². The van der Waals surface area contributed by atoms with E-state index in [0.29, 0.717) is 5.56 Å². The minimum atomic E-state index is -0.154. The molecule has 0 nitrogen and oxygen atoms in total. The third-order valence-corrected chi connectivity index (χ3v) is 3.55. The summed E-state index contributed by atoms with van der Waals surface area (Å²) in [4.78, 5) is 0. The van der Waals surface area contributed by atoms with Gasteiger partial charge in [0.1, 0.15) is 5.82 Å². The van der Waals surface area contributed by atoms with Crippen molar-refractivity contribution < 1.29 is 4.39 Å². The van der Waals surface area contributed by atoms with Crippen LogP contribution in [0.3, 0.4) is 0 Å².